The lowest BCUT2D eigenvalue weighted by atomic mass is 10.3. The molecule has 0 aliphatic heterocycles. The second-order valence-electron chi connectivity index (χ2n) is 5.44. The number of nitrogens with one attached hydrogen (secondary N) is 1. The van der Waals surface area contributed by atoms with Gasteiger partial charge in [-0.25, -0.2) is 9.36 Å². The van der Waals surface area contributed by atoms with Gasteiger partial charge in [0.05, 0.1) is 5.69 Å². The molecule has 1 aromatic carbocycles. The summed E-state index contributed by atoms with van der Waals surface area (Å²) in [6.45, 7) is 3.62. The maximum Gasteiger partial charge on any atom is 0.267 e. The van der Waals surface area contributed by atoms with Crippen LogP contribution in [0, 0.1) is 13.8 Å². The van der Waals surface area contributed by atoms with Gasteiger partial charge in [-0.1, -0.05) is 18.2 Å². The first-order chi connectivity index (χ1) is 11.5. The summed E-state index contributed by atoms with van der Waals surface area (Å²) in [5, 5.41) is 11.3. The summed E-state index contributed by atoms with van der Waals surface area (Å²) in [5.41, 5.74) is 2.08. The van der Waals surface area contributed by atoms with Crippen LogP contribution in [0.2, 0.25) is 0 Å². The zero-order valence-corrected chi connectivity index (χ0v) is 13.4. The van der Waals surface area contributed by atoms with E-state index < -0.39 is 0 Å². The van der Waals surface area contributed by atoms with Gasteiger partial charge >= 0.3 is 0 Å². The molecule has 122 valence electrons. The van der Waals surface area contributed by atoms with Gasteiger partial charge in [-0.05, 0) is 38.1 Å². The molecule has 2 aromatic heterocycles. The Hall–Kier alpha value is -3.22. The molecule has 7 nitrogen and oxygen atoms in total. The van der Waals surface area contributed by atoms with Gasteiger partial charge in [-0.2, -0.15) is 5.10 Å². The number of rotatable bonds is 4. The maximum atomic E-state index is 12.1. The molecule has 24 heavy (non-hydrogen) atoms. The molecule has 0 aliphatic carbocycles. The predicted molar refractivity (Wildman–Crippen MR) is 90.2 cm³/mol. The van der Waals surface area contributed by atoms with Gasteiger partial charge in [0, 0.05) is 17.4 Å². The predicted octanol–water partition coefficient (Wildman–Crippen LogP) is 1.68. The Morgan fingerprint density at radius 2 is 1.83 bits per heavy atom. The second kappa shape index (κ2) is 6.49. The molecule has 0 atom stereocenters. The number of amides is 1. The molecule has 0 fully saturated rings. The number of benzene rings is 1. The first-order valence-electron chi connectivity index (χ1n) is 7.49. The largest absolute Gasteiger partial charge is 0.324 e. The van der Waals surface area contributed by atoms with Gasteiger partial charge in [0.2, 0.25) is 5.91 Å². The van der Waals surface area contributed by atoms with Crippen LogP contribution < -0.4 is 10.9 Å². The van der Waals surface area contributed by atoms with Crippen molar-refractivity contribution in [2.45, 2.75) is 20.4 Å². The fourth-order valence-corrected chi connectivity index (χ4v) is 2.38. The van der Waals surface area contributed by atoms with E-state index in [-0.39, 0.29) is 18.0 Å². The summed E-state index contributed by atoms with van der Waals surface area (Å²) in [6, 6.07) is 14.0. The number of hydrogen-bond acceptors (Lipinski definition) is 4. The van der Waals surface area contributed by atoms with Gasteiger partial charge in [0.15, 0.2) is 5.82 Å². The summed E-state index contributed by atoms with van der Waals surface area (Å²) in [7, 11) is 0. The van der Waals surface area contributed by atoms with Crippen molar-refractivity contribution in [1.82, 2.24) is 19.6 Å². The van der Waals surface area contributed by atoms with E-state index in [0.29, 0.717) is 11.5 Å². The number of carbonyl (C=O) groups is 1. The van der Waals surface area contributed by atoms with Gasteiger partial charge in [-0.15, -0.1) is 5.10 Å². The van der Waals surface area contributed by atoms with E-state index in [4.69, 9.17) is 0 Å². The highest BCUT2D eigenvalue weighted by molar-refractivity contribution is 5.90. The van der Waals surface area contributed by atoms with Crippen LogP contribution in [0.15, 0.2) is 53.3 Å². The molecule has 2 heterocycles. The second-order valence-corrected chi connectivity index (χ2v) is 5.44. The Bertz CT molecular complexity index is 928. The molecular formula is C17H17N5O2. The van der Waals surface area contributed by atoms with Crippen molar-refractivity contribution in [1.29, 1.82) is 0 Å². The topological polar surface area (TPSA) is 81.8 Å². The maximum absolute atomic E-state index is 12.1. The Labute approximate surface area is 138 Å². The first kappa shape index (κ1) is 15.7. The number of para-hydroxylation sites is 1. The molecule has 0 radical (unpaired) electrons. The minimum absolute atomic E-state index is 0.166. The third-order valence-electron chi connectivity index (χ3n) is 3.43. The molecule has 1 amide bonds. The molecule has 0 spiro atoms. The molecule has 3 aromatic rings. The quantitative estimate of drug-likeness (QED) is 0.792. The molecule has 0 saturated heterocycles. The SMILES string of the molecule is Cc1cc(C)n(-c2ccc(=O)n(CC(=O)Nc3ccccc3)n2)n1. The Balaban J connectivity index is 1.83. The van der Waals surface area contributed by atoms with Crippen molar-refractivity contribution < 1.29 is 4.79 Å². The average molecular weight is 323 g/mol. The van der Waals surface area contributed by atoms with E-state index in [2.05, 4.69) is 15.5 Å². The Morgan fingerprint density at radius 1 is 1.08 bits per heavy atom. The highest BCUT2D eigenvalue weighted by Gasteiger charge is 2.10. The number of hydrogen-bond donors (Lipinski definition) is 1. The van der Waals surface area contributed by atoms with Crippen LogP contribution in [0.1, 0.15) is 11.4 Å². The van der Waals surface area contributed by atoms with E-state index in [0.717, 1.165) is 16.1 Å². The van der Waals surface area contributed by atoms with Gasteiger partial charge in [-0.3, -0.25) is 9.59 Å². The summed E-state index contributed by atoms with van der Waals surface area (Å²) in [6.07, 6.45) is 0. The van der Waals surface area contributed by atoms with Crippen LogP contribution in [0.3, 0.4) is 0 Å². The third kappa shape index (κ3) is 3.40. The molecule has 1 N–H and O–H groups in total. The molecule has 0 saturated carbocycles. The van der Waals surface area contributed by atoms with E-state index in [9.17, 15) is 9.59 Å². The van der Waals surface area contributed by atoms with Crippen LogP contribution in [0.25, 0.3) is 5.82 Å². The third-order valence-corrected chi connectivity index (χ3v) is 3.43. The van der Waals surface area contributed by atoms with Crippen molar-refractivity contribution in [2.24, 2.45) is 0 Å². The molecular weight excluding hydrogens is 306 g/mol. The zero-order valence-electron chi connectivity index (χ0n) is 13.4. The lowest BCUT2D eigenvalue weighted by molar-refractivity contribution is -0.117. The number of aryl methyl sites for hydroxylation is 2. The lowest BCUT2D eigenvalue weighted by Crippen LogP contribution is -2.30. The molecule has 0 unspecified atom stereocenters. The highest BCUT2D eigenvalue weighted by Crippen LogP contribution is 2.08. The number of aromatic nitrogens is 4. The van der Waals surface area contributed by atoms with Crippen LogP contribution in [0.5, 0.6) is 0 Å². The Morgan fingerprint density at radius 3 is 2.50 bits per heavy atom. The molecule has 0 bridgehead atoms. The van der Waals surface area contributed by atoms with Crippen molar-refractivity contribution in [3.05, 3.63) is 70.3 Å². The monoisotopic (exact) mass is 323 g/mol. The van der Waals surface area contributed by atoms with Crippen molar-refractivity contribution in [2.75, 3.05) is 5.32 Å². The van der Waals surface area contributed by atoms with Crippen LogP contribution in [-0.2, 0) is 11.3 Å². The van der Waals surface area contributed by atoms with E-state index in [1.165, 1.54) is 6.07 Å². The molecule has 3 rings (SSSR count). The highest BCUT2D eigenvalue weighted by atomic mass is 16.2. The summed E-state index contributed by atoms with van der Waals surface area (Å²) < 4.78 is 2.77. The van der Waals surface area contributed by atoms with Crippen LogP contribution >= 0.6 is 0 Å². The van der Waals surface area contributed by atoms with Crippen molar-refractivity contribution in [3.63, 3.8) is 0 Å². The summed E-state index contributed by atoms with van der Waals surface area (Å²) >= 11 is 0. The standard InChI is InChI=1S/C17H17N5O2/c1-12-10-13(2)22(19-12)15-8-9-17(24)21(20-15)11-16(23)18-14-6-4-3-5-7-14/h3-10H,11H2,1-2H3,(H,18,23). The number of anilines is 1. The molecule has 7 heteroatoms. The fraction of sp³-hybridized carbons (Fsp3) is 0.176. The smallest absolute Gasteiger partial charge is 0.267 e. The molecule has 0 aliphatic rings. The van der Waals surface area contributed by atoms with E-state index in [1.807, 2.05) is 38.1 Å². The average Bonchev–Trinajstić information content (AvgIpc) is 2.89. The van der Waals surface area contributed by atoms with Crippen molar-refractivity contribution >= 4 is 11.6 Å². The normalized spacial score (nSPS) is 10.6. The zero-order chi connectivity index (χ0) is 17.1. The van der Waals surface area contributed by atoms with Gasteiger partial charge in [0.25, 0.3) is 5.56 Å². The minimum Gasteiger partial charge on any atom is -0.324 e. The number of carbonyl (C=O) groups excluding carboxylic acids is 1. The van der Waals surface area contributed by atoms with Crippen molar-refractivity contribution in [3.8, 4) is 5.82 Å². The van der Waals surface area contributed by atoms with E-state index in [1.54, 1.807) is 22.9 Å². The van der Waals surface area contributed by atoms with Crippen LogP contribution in [-0.4, -0.2) is 25.5 Å². The van der Waals surface area contributed by atoms with Crippen LogP contribution in [0.4, 0.5) is 5.69 Å². The minimum atomic E-state index is -0.344. The Kier molecular flexibility index (Phi) is 4.24. The van der Waals surface area contributed by atoms with Gasteiger partial charge < -0.3 is 5.32 Å². The number of nitrogens with zero attached hydrogens (tertiary/aromatic N) is 4. The summed E-state index contributed by atoms with van der Waals surface area (Å²) in [5.74, 6) is 0.175. The lowest BCUT2D eigenvalue weighted by Gasteiger charge is -2.09. The van der Waals surface area contributed by atoms with Gasteiger partial charge in [0.1, 0.15) is 6.54 Å². The fourth-order valence-electron chi connectivity index (χ4n) is 2.38. The summed E-state index contributed by atoms with van der Waals surface area (Å²) in [4.78, 5) is 24.1. The first-order valence-corrected chi connectivity index (χ1v) is 7.49. The van der Waals surface area contributed by atoms with E-state index >= 15 is 0 Å².